The van der Waals surface area contributed by atoms with Crippen LogP contribution in [0.15, 0.2) is 41.3 Å². The Hall–Kier alpha value is -2.49. The minimum Gasteiger partial charge on any atom is -0.350 e. The first-order valence-corrected chi connectivity index (χ1v) is 7.66. The van der Waals surface area contributed by atoms with Gasteiger partial charge in [-0.25, -0.2) is 0 Å². The van der Waals surface area contributed by atoms with E-state index in [1.54, 1.807) is 0 Å². The molecule has 0 spiro atoms. The second-order valence-corrected chi connectivity index (χ2v) is 5.89. The van der Waals surface area contributed by atoms with Crippen molar-refractivity contribution in [2.45, 2.75) is 25.4 Å². The van der Waals surface area contributed by atoms with Gasteiger partial charge >= 0.3 is 12.4 Å². The van der Waals surface area contributed by atoms with Gasteiger partial charge in [-0.1, -0.05) is 23.7 Å². The number of hydrogen-bond acceptors (Lipinski definition) is 2. The van der Waals surface area contributed by atoms with E-state index in [0.29, 0.717) is 16.8 Å². The summed E-state index contributed by atoms with van der Waals surface area (Å²) in [4.78, 5) is 23.6. The SMILES string of the molecule is O=C(Cn1cc(C(F)(F)F)cc(Cl)c1=O)NCc1cccc(C(F)(F)F)c1. The second kappa shape index (κ2) is 7.63. The van der Waals surface area contributed by atoms with E-state index < -0.39 is 46.5 Å². The highest BCUT2D eigenvalue weighted by molar-refractivity contribution is 6.30. The molecule has 1 amide bonds. The molecular weight excluding hydrogens is 402 g/mol. The van der Waals surface area contributed by atoms with Crippen molar-refractivity contribution in [1.82, 2.24) is 9.88 Å². The first-order chi connectivity index (χ1) is 12.4. The molecule has 2 aromatic rings. The molecule has 0 aliphatic heterocycles. The number of amides is 1. The second-order valence-electron chi connectivity index (χ2n) is 5.48. The number of aromatic nitrogens is 1. The van der Waals surface area contributed by atoms with Gasteiger partial charge in [-0.3, -0.25) is 9.59 Å². The van der Waals surface area contributed by atoms with E-state index >= 15 is 0 Å². The van der Waals surface area contributed by atoms with Crippen LogP contribution in [0.4, 0.5) is 26.3 Å². The maximum Gasteiger partial charge on any atom is 0.417 e. The molecule has 0 fully saturated rings. The summed E-state index contributed by atoms with van der Waals surface area (Å²) in [5.74, 6) is -0.870. The number of pyridine rings is 1. The van der Waals surface area contributed by atoms with Crippen molar-refractivity contribution in [3.8, 4) is 0 Å². The highest BCUT2D eigenvalue weighted by atomic mass is 35.5. The Bertz CT molecular complexity index is 905. The Kier molecular flexibility index (Phi) is 5.88. The third-order valence-corrected chi connectivity index (χ3v) is 3.70. The van der Waals surface area contributed by atoms with Crippen LogP contribution in [-0.4, -0.2) is 10.5 Å². The van der Waals surface area contributed by atoms with Crippen molar-refractivity contribution in [3.63, 3.8) is 0 Å². The van der Waals surface area contributed by atoms with E-state index in [0.717, 1.165) is 18.2 Å². The van der Waals surface area contributed by atoms with Gasteiger partial charge < -0.3 is 9.88 Å². The van der Waals surface area contributed by atoms with E-state index in [2.05, 4.69) is 5.32 Å². The number of halogens is 7. The summed E-state index contributed by atoms with van der Waals surface area (Å²) in [6.07, 6.45) is -8.88. The average molecular weight is 413 g/mol. The van der Waals surface area contributed by atoms with Gasteiger partial charge in [0.1, 0.15) is 11.6 Å². The molecule has 1 N–H and O–H groups in total. The van der Waals surface area contributed by atoms with E-state index in [-0.39, 0.29) is 12.1 Å². The van der Waals surface area contributed by atoms with Crippen LogP contribution in [0.25, 0.3) is 0 Å². The molecule has 0 bridgehead atoms. The number of carbonyl (C=O) groups excluding carboxylic acids is 1. The summed E-state index contributed by atoms with van der Waals surface area (Å²) >= 11 is 5.47. The van der Waals surface area contributed by atoms with Crippen LogP contribution in [0.1, 0.15) is 16.7 Å². The molecule has 0 atom stereocenters. The van der Waals surface area contributed by atoms with Crippen LogP contribution >= 0.6 is 11.6 Å². The Morgan fingerprint density at radius 3 is 2.26 bits per heavy atom. The van der Waals surface area contributed by atoms with Crippen LogP contribution < -0.4 is 10.9 Å². The quantitative estimate of drug-likeness (QED) is 0.775. The third kappa shape index (κ3) is 5.49. The normalized spacial score (nSPS) is 12.1. The summed E-state index contributed by atoms with van der Waals surface area (Å²) in [5, 5.41) is 1.53. The van der Waals surface area contributed by atoms with E-state index in [4.69, 9.17) is 11.6 Å². The maximum atomic E-state index is 12.8. The number of nitrogens with one attached hydrogen (secondary N) is 1. The van der Waals surface area contributed by atoms with E-state index in [9.17, 15) is 35.9 Å². The molecule has 4 nitrogen and oxygen atoms in total. The topological polar surface area (TPSA) is 51.1 Å². The fraction of sp³-hybridized carbons (Fsp3) is 0.250. The Morgan fingerprint density at radius 2 is 1.67 bits per heavy atom. The summed E-state index contributed by atoms with van der Waals surface area (Å²) in [5.41, 5.74) is -2.99. The van der Waals surface area contributed by atoms with Gasteiger partial charge in [0.25, 0.3) is 5.56 Å². The summed E-state index contributed by atoms with van der Waals surface area (Å²) in [6.45, 7) is -1.08. The van der Waals surface area contributed by atoms with Gasteiger partial charge in [-0.15, -0.1) is 0 Å². The Labute approximate surface area is 153 Å². The third-order valence-electron chi connectivity index (χ3n) is 3.43. The first-order valence-electron chi connectivity index (χ1n) is 7.28. The lowest BCUT2D eigenvalue weighted by Gasteiger charge is -2.12. The fourth-order valence-corrected chi connectivity index (χ4v) is 2.37. The molecule has 146 valence electrons. The van der Waals surface area contributed by atoms with Gasteiger partial charge in [0.15, 0.2) is 0 Å². The first kappa shape index (κ1) is 20.8. The summed E-state index contributed by atoms with van der Waals surface area (Å²) in [6, 6.07) is 4.62. The highest BCUT2D eigenvalue weighted by Crippen LogP contribution is 2.30. The maximum absolute atomic E-state index is 12.8. The number of nitrogens with zero attached hydrogens (tertiary/aromatic N) is 1. The zero-order valence-corrected chi connectivity index (χ0v) is 14.0. The number of benzene rings is 1. The number of carbonyl (C=O) groups is 1. The highest BCUT2D eigenvalue weighted by Gasteiger charge is 2.32. The molecule has 0 aliphatic carbocycles. The van der Waals surface area contributed by atoms with Crippen molar-refractivity contribution in [2.24, 2.45) is 0 Å². The van der Waals surface area contributed by atoms with Gasteiger partial charge in [0, 0.05) is 12.7 Å². The molecule has 1 aromatic heterocycles. The van der Waals surface area contributed by atoms with Crippen LogP contribution in [0.5, 0.6) is 0 Å². The molecule has 0 saturated heterocycles. The Balaban J connectivity index is 2.11. The van der Waals surface area contributed by atoms with E-state index in [1.165, 1.54) is 6.07 Å². The number of hydrogen-bond donors (Lipinski definition) is 1. The molecule has 0 unspecified atom stereocenters. The lowest BCUT2D eigenvalue weighted by Crippen LogP contribution is -2.32. The minimum atomic E-state index is -4.77. The van der Waals surface area contributed by atoms with Crippen LogP contribution in [-0.2, 0) is 30.2 Å². The molecule has 1 aromatic carbocycles. The van der Waals surface area contributed by atoms with Crippen LogP contribution in [0.3, 0.4) is 0 Å². The van der Waals surface area contributed by atoms with Crippen LogP contribution in [0.2, 0.25) is 5.02 Å². The zero-order valence-electron chi connectivity index (χ0n) is 13.3. The van der Waals surface area contributed by atoms with Gasteiger partial charge in [-0.05, 0) is 23.8 Å². The van der Waals surface area contributed by atoms with Gasteiger partial charge in [0.2, 0.25) is 5.91 Å². The molecule has 0 aliphatic rings. The molecule has 2 rings (SSSR count). The smallest absolute Gasteiger partial charge is 0.350 e. The molecule has 0 saturated carbocycles. The van der Waals surface area contributed by atoms with Crippen molar-refractivity contribution >= 4 is 17.5 Å². The molecule has 27 heavy (non-hydrogen) atoms. The molecule has 0 radical (unpaired) electrons. The molecule has 1 heterocycles. The predicted molar refractivity (Wildman–Crippen MR) is 84.0 cm³/mol. The molecular formula is C16H11ClF6N2O2. The summed E-state index contributed by atoms with van der Waals surface area (Å²) in [7, 11) is 0. The number of alkyl halides is 6. The predicted octanol–water partition coefficient (Wildman–Crippen LogP) is 3.86. The van der Waals surface area contributed by atoms with Crippen molar-refractivity contribution in [2.75, 3.05) is 0 Å². The average Bonchev–Trinajstić information content (AvgIpc) is 2.55. The van der Waals surface area contributed by atoms with Gasteiger partial charge in [0.05, 0.1) is 11.1 Å². The molecule has 11 heteroatoms. The van der Waals surface area contributed by atoms with Crippen molar-refractivity contribution in [3.05, 3.63) is 68.6 Å². The summed E-state index contributed by atoms with van der Waals surface area (Å²) < 4.78 is 76.7. The number of rotatable bonds is 4. The van der Waals surface area contributed by atoms with Crippen LogP contribution in [0, 0.1) is 0 Å². The fourth-order valence-electron chi connectivity index (χ4n) is 2.14. The lowest BCUT2D eigenvalue weighted by atomic mass is 10.1. The zero-order chi connectivity index (χ0) is 20.4. The standard InChI is InChI=1S/C16H11ClF6N2O2/c17-12-5-11(16(21,22)23)7-25(14(12)27)8-13(26)24-6-9-2-1-3-10(4-9)15(18,19)20/h1-5,7H,6,8H2,(H,24,26). The van der Waals surface area contributed by atoms with Gasteiger partial charge in [-0.2, -0.15) is 26.3 Å². The Morgan fingerprint density at radius 1 is 1.04 bits per heavy atom. The van der Waals surface area contributed by atoms with Crippen molar-refractivity contribution < 1.29 is 31.1 Å². The largest absolute Gasteiger partial charge is 0.417 e. The van der Waals surface area contributed by atoms with Crippen molar-refractivity contribution in [1.29, 1.82) is 0 Å². The van der Waals surface area contributed by atoms with E-state index in [1.807, 2.05) is 0 Å². The lowest BCUT2D eigenvalue weighted by molar-refractivity contribution is -0.138. The minimum absolute atomic E-state index is 0.132. The monoisotopic (exact) mass is 412 g/mol.